The number of aryl methyl sites for hydroxylation is 1. The molecule has 0 aromatic heterocycles. The molecule has 1 N–H and O–H groups in total. The minimum absolute atomic E-state index is 0. The Morgan fingerprint density at radius 2 is 1.81 bits per heavy atom. The van der Waals surface area contributed by atoms with E-state index in [0.717, 1.165) is 18.3 Å². The van der Waals surface area contributed by atoms with Gasteiger partial charge in [-0.2, -0.15) is 0 Å². The molecule has 0 spiro atoms. The van der Waals surface area contributed by atoms with E-state index in [4.69, 9.17) is 4.74 Å². The first-order chi connectivity index (χ1) is 9.79. The highest BCUT2D eigenvalue weighted by Gasteiger charge is 2.19. The lowest BCUT2D eigenvalue weighted by molar-refractivity contribution is 0.306. The molecule has 3 heteroatoms. The van der Waals surface area contributed by atoms with Crippen LogP contribution in [0.25, 0.3) is 0 Å². The second kappa shape index (κ2) is 7.48. The van der Waals surface area contributed by atoms with Crippen molar-refractivity contribution in [2.75, 3.05) is 0 Å². The van der Waals surface area contributed by atoms with E-state index >= 15 is 0 Å². The van der Waals surface area contributed by atoms with Crippen molar-refractivity contribution in [3.63, 3.8) is 0 Å². The molecular weight excluding hydrogens is 282 g/mol. The quantitative estimate of drug-likeness (QED) is 0.861. The molecule has 0 bridgehead atoms. The van der Waals surface area contributed by atoms with Crippen molar-refractivity contribution >= 4 is 12.4 Å². The second-order valence-corrected chi connectivity index (χ2v) is 5.58. The predicted molar refractivity (Wildman–Crippen MR) is 89.1 cm³/mol. The molecule has 1 aliphatic carbocycles. The molecule has 2 nitrogen and oxygen atoms in total. The summed E-state index contributed by atoms with van der Waals surface area (Å²) in [4.78, 5) is 0. The normalized spacial score (nSPS) is 13.6. The molecule has 0 atom stereocenters. The molecule has 0 radical (unpaired) electrons. The average Bonchev–Trinajstić information content (AvgIpc) is 3.29. The number of rotatable bonds is 6. The van der Waals surface area contributed by atoms with Crippen LogP contribution >= 0.6 is 12.4 Å². The monoisotopic (exact) mass is 303 g/mol. The number of benzene rings is 2. The van der Waals surface area contributed by atoms with Crippen LogP contribution in [0.2, 0.25) is 0 Å². The van der Waals surface area contributed by atoms with Crippen molar-refractivity contribution in [1.82, 2.24) is 5.32 Å². The first kappa shape index (κ1) is 15.9. The Morgan fingerprint density at radius 1 is 1.05 bits per heavy atom. The summed E-state index contributed by atoms with van der Waals surface area (Å²) in [5.74, 6) is 0.945. The van der Waals surface area contributed by atoms with Crippen LogP contribution in [0.4, 0.5) is 0 Å². The van der Waals surface area contributed by atoms with Gasteiger partial charge in [-0.25, -0.2) is 0 Å². The Bertz CT molecular complexity index is 564. The molecule has 1 saturated carbocycles. The maximum atomic E-state index is 5.87. The lowest BCUT2D eigenvalue weighted by Crippen LogP contribution is -2.15. The molecule has 1 aliphatic rings. The van der Waals surface area contributed by atoms with Gasteiger partial charge in [-0.05, 0) is 43.0 Å². The summed E-state index contributed by atoms with van der Waals surface area (Å²) in [6.07, 6.45) is 2.65. The molecule has 0 saturated heterocycles. The standard InChI is InChI=1S/C18H21NO.ClH/c1-14-5-7-15(8-6-14)13-20-18-4-2-3-16(11-18)12-19-17-9-10-17;/h2-8,11,17,19H,9-10,12-13H2,1H3;1H. The molecule has 0 amide bonds. The van der Waals surface area contributed by atoms with Gasteiger partial charge in [-0.1, -0.05) is 42.0 Å². The molecule has 0 aliphatic heterocycles. The van der Waals surface area contributed by atoms with Crippen LogP contribution < -0.4 is 10.1 Å². The van der Waals surface area contributed by atoms with Crippen molar-refractivity contribution in [2.24, 2.45) is 0 Å². The fourth-order valence-corrected chi connectivity index (χ4v) is 2.15. The summed E-state index contributed by atoms with van der Waals surface area (Å²) in [5.41, 5.74) is 3.78. The zero-order valence-corrected chi connectivity index (χ0v) is 13.2. The van der Waals surface area contributed by atoms with E-state index in [1.54, 1.807) is 0 Å². The Hall–Kier alpha value is -1.51. The zero-order chi connectivity index (χ0) is 13.8. The summed E-state index contributed by atoms with van der Waals surface area (Å²) in [5, 5.41) is 3.52. The van der Waals surface area contributed by atoms with Crippen LogP contribution in [0.15, 0.2) is 48.5 Å². The maximum Gasteiger partial charge on any atom is 0.120 e. The van der Waals surface area contributed by atoms with E-state index in [1.807, 2.05) is 6.07 Å². The van der Waals surface area contributed by atoms with Crippen molar-refractivity contribution in [2.45, 2.75) is 39.0 Å². The van der Waals surface area contributed by atoms with Gasteiger partial charge < -0.3 is 10.1 Å². The minimum Gasteiger partial charge on any atom is -0.489 e. The van der Waals surface area contributed by atoms with Gasteiger partial charge in [0.15, 0.2) is 0 Å². The van der Waals surface area contributed by atoms with Gasteiger partial charge in [0.2, 0.25) is 0 Å². The van der Waals surface area contributed by atoms with E-state index in [9.17, 15) is 0 Å². The van der Waals surface area contributed by atoms with Crippen molar-refractivity contribution in [3.8, 4) is 5.75 Å². The summed E-state index contributed by atoms with van der Waals surface area (Å²) in [7, 11) is 0. The summed E-state index contributed by atoms with van der Waals surface area (Å²) >= 11 is 0. The maximum absolute atomic E-state index is 5.87. The Balaban J connectivity index is 0.00000161. The van der Waals surface area contributed by atoms with E-state index in [0.29, 0.717) is 6.61 Å². The molecule has 0 heterocycles. The topological polar surface area (TPSA) is 21.3 Å². The number of nitrogens with one attached hydrogen (secondary N) is 1. The highest BCUT2D eigenvalue weighted by Crippen LogP contribution is 2.20. The SMILES string of the molecule is Cc1ccc(COc2cccc(CNC3CC3)c2)cc1.Cl. The molecule has 3 rings (SSSR count). The van der Waals surface area contributed by atoms with E-state index in [-0.39, 0.29) is 12.4 Å². The third kappa shape index (κ3) is 5.07. The van der Waals surface area contributed by atoms with Crippen LogP contribution in [0.5, 0.6) is 5.75 Å². The second-order valence-electron chi connectivity index (χ2n) is 5.58. The van der Waals surface area contributed by atoms with Crippen LogP contribution in [-0.2, 0) is 13.2 Å². The fraction of sp³-hybridized carbons (Fsp3) is 0.333. The predicted octanol–water partition coefficient (Wildman–Crippen LogP) is 4.25. The fourth-order valence-electron chi connectivity index (χ4n) is 2.15. The largest absolute Gasteiger partial charge is 0.489 e. The van der Waals surface area contributed by atoms with Crippen molar-refractivity contribution in [3.05, 3.63) is 65.2 Å². The summed E-state index contributed by atoms with van der Waals surface area (Å²) in [6.45, 7) is 3.66. The first-order valence-corrected chi connectivity index (χ1v) is 7.30. The van der Waals surface area contributed by atoms with E-state index in [2.05, 4.69) is 54.7 Å². The van der Waals surface area contributed by atoms with Gasteiger partial charge in [0.1, 0.15) is 12.4 Å². The van der Waals surface area contributed by atoms with Gasteiger partial charge in [-0.3, -0.25) is 0 Å². The van der Waals surface area contributed by atoms with Crippen LogP contribution in [0, 0.1) is 6.92 Å². The Morgan fingerprint density at radius 3 is 2.52 bits per heavy atom. The third-order valence-corrected chi connectivity index (χ3v) is 3.60. The molecule has 112 valence electrons. The van der Waals surface area contributed by atoms with Crippen LogP contribution in [0.1, 0.15) is 29.5 Å². The van der Waals surface area contributed by atoms with E-state index in [1.165, 1.54) is 29.5 Å². The molecule has 2 aromatic carbocycles. The number of ether oxygens (including phenoxy) is 1. The average molecular weight is 304 g/mol. The first-order valence-electron chi connectivity index (χ1n) is 7.30. The van der Waals surface area contributed by atoms with E-state index < -0.39 is 0 Å². The van der Waals surface area contributed by atoms with Gasteiger partial charge >= 0.3 is 0 Å². The van der Waals surface area contributed by atoms with Crippen LogP contribution in [0.3, 0.4) is 0 Å². The number of halogens is 1. The molecule has 0 unspecified atom stereocenters. The Kier molecular flexibility index (Phi) is 5.66. The highest BCUT2D eigenvalue weighted by atomic mass is 35.5. The highest BCUT2D eigenvalue weighted by molar-refractivity contribution is 5.85. The molecule has 1 fully saturated rings. The van der Waals surface area contributed by atoms with Gasteiger partial charge in [-0.15, -0.1) is 12.4 Å². The molecule has 21 heavy (non-hydrogen) atoms. The smallest absolute Gasteiger partial charge is 0.120 e. The van der Waals surface area contributed by atoms with Gasteiger partial charge in [0, 0.05) is 12.6 Å². The third-order valence-electron chi connectivity index (χ3n) is 3.60. The van der Waals surface area contributed by atoms with Gasteiger partial charge in [0.25, 0.3) is 0 Å². The number of hydrogen-bond donors (Lipinski definition) is 1. The van der Waals surface area contributed by atoms with Crippen molar-refractivity contribution < 1.29 is 4.74 Å². The van der Waals surface area contributed by atoms with Gasteiger partial charge in [0.05, 0.1) is 0 Å². The molecular formula is C18H22ClNO. The molecule has 2 aromatic rings. The van der Waals surface area contributed by atoms with Crippen LogP contribution in [-0.4, -0.2) is 6.04 Å². The minimum atomic E-state index is 0. The summed E-state index contributed by atoms with van der Waals surface area (Å²) in [6, 6.07) is 17.6. The van der Waals surface area contributed by atoms with Crippen molar-refractivity contribution in [1.29, 1.82) is 0 Å². The lowest BCUT2D eigenvalue weighted by Gasteiger charge is -2.09. The zero-order valence-electron chi connectivity index (χ0n) is 12.3. The lowest BCUT2D eigenvalue weighted by atomic mass is 10.2. The number of hydrogen-bond acceptors (Lipinski definition) is 2. The summed E-state index contributed by atoms with van der Waals surface area (Å²) < 4.78 is 5.87. The Labute approximate surface area is 132 Å².